The molecule has 3 nitrogen and oxygen atoms in total. The molecule has 3 aromatic rings. The number of benzene rings is 2. The van der Waals surface area contributed by atoms with Crippen LogP contribution in [0, 0.1) is 0 Å². The van der Waals surface area contributed by atoms with E-state index < -0.39 is 33.2 Å². The molecule has 140 valence electrons. The number of hydrogen-bond acceptors (Lipinski definition) is 3. The van der Waals surface area contributed by atoms with Crippen molar-refractivity contribution in [2.45, 2.75) is 18.5 Å². The molecule has 0 amide bonds. The summed E-state index contributed by atoms with van der Waals surface area (Å²) in [6, 6.07) is 17.6. The highest BCUT2D eigenvalue weighted by Crippen LogP contribution is 2.44. The van der Waals surface area contributed by atoms with E-state index in [1.54, 1.807) is 60.7 Å². The first-order valence-corrected chi connectivity index (χ1v) is 9.65. The van der Waals surface area contributed by atoms with Gasteiger partial charge in [-0.1, -0.05) is 60.7 Å². The SMILES string of the molecule is O=C(OCc1ccccc1)c1c(C(F)(F)F)nc(Cl)[s+]1Cc1ccccc1. The average Bonchev–Trinajstić information content (AvgIpc) is 2.98. The number of esters is 1. The molecule has 0 spiro atoms. The molecule has 0 fully saturated rings. The van der Waals surface area contributed by atoms with Crippen LogP contribution >= 0.6 is 22.1 Å². The van der Waals surface area contributed by atoms with Crippen molar-refractivity contribution < 1.29 is 22.7 Å². The topological polar surface area (TPSA) is 39.2 Å². The molecule has 2 aromatic carbocycles. The number of carbonyl (C=O) groups excluding carboxylic acids is 1. The van der Waals surface area contributed by atoms with Gasteiger partial charge in [-0.25, -0.2) is 4.79 Å². The second-order valence-corrected chi connectivity index (χ2v) is 8.07. The standard InChI is InChI=1S/C19H14ClF3NO2S/c20-18-24-16(19(21,22)23)15(27(18)12-14-9-5-2-6-10-14)17(25)26-11-13-7-3-1-4-8-13/h1-10H,11-12H2/q+1. The molecule has 0 saturated heterocycles. The van der Waals surface area contributed by atoms with Gasteiger partial charge in [0.25, 0.3) is 4.88 Å². The Labute approximate surface area is 161 Å². The summed E-state index contributed by atoms with van der Waals surface area (Å²) in [5, 5.41) is 0. The number of thiazole rings is 1. The molecule has 0 aliphatic heterocycles. The number of hydrogen-bond donors (Lipinski definition) is 0. The lowest BCUT2D eigenvalue weighted by Gasteiger charge is -2.05. The van der Waals surface area contributed by atoms with Crippen LogP contribution in [-0.4, -0.2) is 11.0 Å². The van der Waals surface area contributed by atoms with Crippen LogP contribution in [0.25, 0.3) is 0 Å². The molecule has 27 heavy (non-hydrogen) atoms. The number of halogens is 4. The fourth-order valence-electron chi connectivity index (χ4n) is 2.45. The molecule has 0 radical (unpaired) electrons. The van der Waals surface area contributed by atoms with Gasteiger partial charge in [0.15, 0.2) is 5.75 Å². The van der Waals surface area contributed by atoms with Gasteiger partial charge in [0.05, 0.1) is 0 Å². The molecule has 1 unspecified atom stereocenters. The van der Waals surface area contributed by atoms with Crippen molar-refractivity contribution >= 4 is 28.0 Å². The fourth-order valence-corrected chi connectivity index (χ4v) is 4.74. The summed E-state index contributed by atoms with van der Waals surface area (Å²) in [5.41, 5.74) is 0.156. The monoisotopic (exact) mass is 412 g/mol. The Morgan fingerprint density at radius 3 is 2.11 bits per heavy atom. The van der Waals surface area contributed by atoms with Crippen LogP contribution in [0.5, 0.6) is 0 Å². The number of rotatable bonds is 5. The second-order valence-electron chi connectivity index (χ2n) is 5.62. The highest BCUT2D eigenvalue weighted by Gasteiger charge is 2.47. The molecule has 3 rings (SSSR count). The van der Waals surface area contributed by atoms with Crippen molar-refractivity contribution in [2.24, 2.45) is 0 Å². The Bertz CT molecular complexity index is 927. The van der Waals surface area contributed by atoms with E-state index in [0.717, 1.165) is 5.56 Å². The van der Waals surface area contributed by atoms with Crippen molar-refractivity contribution in [3.63, 3.8) is 0 Å². The summed E-state index contributed by atoms with van der Waals surface area (Å²) in [6.07, 6.45) is -4.79. The van der Waals surface area contributed by atoms with Gasteiger partial charge in [-0.2, -0.15) is 18.2 Å². The first-order valence-electron chi connectivity index (χ1n) is 7.88. The normalized spacial score (nSPS) is 12.1. The lowest BCUT2D eigenvalue weighted by Crippen LogP contribution is -2.14. The first-order chi connectivity index (χ1) is 12.9. The van der Waals surface area contributed by atoms with E-state index in [1.807, 2.05) is 0 Å². The van der Waals surface area contributed by atoms with Crippen LogP contribution < -0.4 is 0 Å². The summed E-state index contributed by atoms with van der Waals surface area (Å²) in [6.45, 7) is -0.130. The van der Waals surface area contributed by atoms with Crippen molar-refractivity contribution in [1.82, 2.24) is 4.98 Å². The van der Waals surface area contributed by atoms with Crippen molar-refractivity contribution in [1.29, 1.82) is 0 Å². The zero-order valence-corrected chi connectivity index (χ0v) is 15.4. The van der Waals surface area contributed by atoms with E-state index in [0.29, 0.717) is 5.56 Å². The van der Waals surface area contributed by atoms with E-state index in [4.69, 9.17) is 16.3 Å². The Morgan fingerprint density at radius 1 is 1.00 bits per heavy atom. The van der Waals surface area contributed by atoms with Crippen LogP contribution in [0.2, 0.25) is 4.47 Å². The van der Waals surface area contributed by atoms with Crippen LogP contribution in [0.4, 0.5) is 13.2 Å². The zero-order valence-electron chi connectivity index (χ0n) is 13.9. The Morgan fingerprint density at radius 2 is 1.56 bits per heavy atom. The van der Waals surface area contributed by atoms with Gasteiger partial charge >= 0.3 is 16.6 Å². The molecule has 0 saturated carbocycles. The summed E-state index contributed by atoms with van der Waals surface area (Å²) >= 11 is 6.00. The quantitative estimate of drug-likeness (QED) is 0.386. The molecule has 0 aliphatic carbocycles. The highest BCUT2D eigenvalue weighted by molar-refractivity contribution is 7.35. The average molecular weight is 413 g/mol. The molecule has 0 aliphatic rings. The molecule has 0 bridgehead atoms. The van der Waals surface area contributed by atoms with Crippen molar-refractivity contribution in [3.8, 4) is 0 Å². The van der Waals surface area contributed by atoms with Gasteiger partial charge in [0, 0.05) is 16.0 Å². The van der Waals surface area contributed by atoms with Gasteiger partial charge in [-0.3, -0.25) is 0 Å². The van der Waals surface area contributed by atoms with E-state index in [-0.39, 0.29) is 16.8 Å². The summed E-state index contributed by atoms with van der Waals surface area (Å²) in [7, 11) is -1.32. The number of alkyl halides is 3. The van der Waals surface area contributed by atoms with Crippen LogP contribution in [-0.2, 0) is 23.3 Å². The molecule has 1 heterocycles. The third-order valence-electron chi connectivity index (χ3n) is 3.68. The number of ether oxygens (including phenoxy) is 1. The molecular weight excluding hydrogens is 399 g/mol. The predicted octanol–water partition coefficient (Wildman–Crippen LogP) is 5.91. The lowest BCUT2D eigenvalue weighted by atomic mass is 10.2. The van der Waals surface area contributed by atoms with Crippen molar-refractivity contribution in [2.75, 3.05) is 0 Å². The summed E-state index contributed by atoms with van der Waals surface area (Å²) in [5.74, 6) is -0.900. The maximum Gasteiger partial charge on any atom is 0.439 e. The van der Waals surface area contributed by atoms with Gasteiger partial charge in [-0.05, 0) is 17.2 Å². The summed E-state index contributed by atoms with van der Waals surface area (Å²) < 4.78 is 45.1. The third kappa shape index (κ3) is 4.67. The third-order valence-corrected chi connectivity index (χ3v) is 6.30. The highest BCUT2D eigenvalue weighted by atomic mass is 35.5. The molecule has 1 atom stereocenters. The fraction of sp³-hybridized carbons (Fsp3) is 0.158. The minimum Gasteiger partial charge on any atom is -0.454 e. The van der Waals surface area contributed by atoms with E-state index >= 15 is 0 Å². The van der Waals surface area contributed by atoms with Gasteiger partial charge < -0.3 is 4.74 Å². The van der Waals surface area contributed by atoms with Crippen LogP contribution in [0.15, 0.2) is 60.7 Å². The van der Waals surface area contributed by atoms with E-state index in [1.165, 1.54) is 0 Å². The van der Waals surface area contributed by atoms with E-state index in [9.17, 15) is 18.0 Å². The molecular formula is C19H14ClF3NO2S+. The van der Waals surface area contributed by atoms with Gasteiger partial charge in [0.2, 0.25) is 5.69 Å². The molecule has 8 heteroatoms. The number of carbonyl (C=O) groups is 1. The predicted molar refractivity (Wildman–Crippen MR) is 97.8 cm³/mol. The Kier molecular flexibility index (Phi) is 5.82. The smallest absolute Gasteiger partial charge is 0.439 e. The molecule has 0 N–H and O–H groups in total. The molecule has 1 aromatic heterocycles. The van der Waals surface area contributed by atoms with Crippen molar-refractivity contribution in [3.05, 3.63) is 86.8 Å². The van der Waals surface area contributed by atoms with Crippen LogP contribution in [0.1, 0.15) is 26.5 Å². The maximum atomic E-state index is 13.4. The Balaban J connectivity index is 1.94. The second kappa shape index (κ2) is 8.10. The minimum atomic E-state index is -4.79. The van der Waals surface area contributed by atoms with Gasteiger partial charge in [-0.15, -0.1) is 0 Å². The van der Waals surface area contributed by atoms with Crippen LogP contribution in [0.3, 0.4) is 0 Å². The lowest BCUT2D eigenvalue weighted by molar-refractivity contribution is -0.141. The summed E-state index contributed by atoms with van der Waals surface area (Å²) in [4.78, 5) is 15.4. The number of aromatic nitrogens is 1. The largest absolute Gasteiger partial charge is 0.454 e. The maximum absolute atomic E-state index is 13.4. The zero-order chi connectivity index (χ0) is 19.4. The van der Waals surface area contributed by atoms with Gasteiger partial charge in [0.1, 0.15) is 6.61 Å². The minimum absolute atomic E-state index is 0.130. The first kappa shape index (κ1) is 19.4. The van der Waals surface area contributed by atoms with E-state index in [2.05, 4.69) is 4.98 Å². The Hall–Kier alpha value is -2.38. The number of nitrogens with zero attached hydrogens (tertiary/aromatic N) is 1.